The van der Waals surface area contributed by atoms with Gasteiger partial charge in [-0.25, -0.2) is 0 Å². The number of ketones is 1. The summed E-state index contributed by atoms with van der Waals surface area (Å²) in [7, 11) is 0. The number of hydrogen-bond donors (Lipinski definition) is 1. The molecule has 0 aromatic rings. The van der Waals surface area contributed by atoms with Gasteiger partial charge in [-0.1, -0.05) is 41.8 Å². The minimum Gasteiger partial charge on any atom is -0.480 e. The number of carboxylic acids is 1. The molecule has 4 aliphatic carbocycles. The lowest BCUT2D eigenvalue weighted by atomic mass is 9.47. The van der Waals surface area contributed by atoms with Crippen molar-refractivity contribution in [2.45, 2.75) is 70.0 Å². The number of hydrogen-bond acceptors (Lipinski definition) is 2. The van der Waals surface area contributed by atoms with E-state index in [1.165, 1.54) is 44.1 Å². The van der Waals surface area contributed by atoms with Crippen LogP contribution in [-0.2, 0) is 9.59 Å². The molecular formula is C21H29BrO3. The maximum Gasteiger partial charge on any atom is 0.318 e. The van der Waals surface area contributed by atoms with E-state index in [2.05, 4.69) is 29.8 Å². The van der Waals surface area contributed by atoms with Crippen LogP contribution in [0.4, 0.5) is 0 Å². The third kappa shape index (κ3) is 2.57. The molecule has 4 aliphatic rings. The van der Waals surface area contributed by atoms with Crippen molar-refractivity contribution in [1.29, 1.82) is 0 Å². The zero-order valence-corrected chi connectivity index (χ0v) is 16.8. The third-order valence-electron chi connectivity index (χ3n) is 8.43. The van der Waals surface area contributed by atoms with E-state index >= 15 is 0 Å². The van der Waals surface area contributed by atoms with Crippen molar-refractivity contribution in [3.05, 3.63) is 11.6 Å². The van der Waals surface area contributed by atoms with Crippen LogP contribution in [-0.4, -0.2) is 21.7 Å². The summed E-state index contributed by atoms with van der Waals surface area (Å²) >= 11 is 3.28. The SMILES string of the molecule is C[C@@]12CCC[C@H]1[C@@H]1CCC3=CC(=O)C(C(Br)C(=O)O)C[C@]3(C)[C@@H]1CC2. The molecule has 4 rings (SSSR count). The highest BCUT2D eigenvalue weighted by Crippen LogP contribution is 2.65. The van der Waals surface area contributed by atoms with Crippen LogP contribution in [0.5, 0.6) is 0 Å². The Kier molecular flexibility index (Phi) is 4.22. The van der Waals surface area contributed by atoms with Gasteiger partial charge in [0.15, 0.2) is 5.78 Å². The fourth-order valence-electron chi connectivity index (χ4n) is 7.10. The van der Waals surface area contributed by atoms with Gasteiger partial charge in [-0.3, -0.25) is 9.59 Å². The van der Waals surface area contributed by atoms with Gasteiger partial charge in [0.25, 0.3) is 0 Å². The van der Waals surface area contributed by atoms with Gasteiger partial charge in [0.05, 0.1) is 0 Å². The normalized spacial score (nSPS) is 47.3. The van der Waals surface area contributed by atoms with Crippen LogP contribution in [0.25, 0.3) is 0 Å². The van der Waals surface area contributed by atoms with Crippen molar-refractivity contribution in [1.82, 2.24) is 0 Å². The Balaban J connectivity index is 1.67. The van der Waals surface area contributed by atoms with Crippen molar-refractivity contribution in [3.63, 3.8) is 0 Å². The number of fused-ring (bicyclic) bond motifs is 5. The Labute approximate surface area is 158 Å². The van der Waals surface area contributed by atoms with Gasteiger partial charge in [-0.2, -0.15) is 0 Å². The lowest BCUT2D eigenvalue weighted by molar-refractivity contribution is -0.140. The minimum atomic E-state index is -0.918. The maximum atomic E-state index is 12.6. The van der Waals surface area contributed by atoms with Crippen LogP contribution >= 0.6 is 15.9 Å². The first-order valence-corrected chi connectivity index (χ1v) is 10.8. The van der Waals surface area contributed by atoms with Crippen molar-refractivity contribution >= 4 is 27.7 Å². The highest BCUT2D eigenvalue weighted by Gasteiger charge is 2.57. The topological polar surface area (TPSA) is 54.4 Å². The summed E-state index contributed by atoms with van der Waals surface area (Å²) in [6, 6.07) is 0. The van der Waals surface area contributed by atoms with Crippen LogP contribution in [0.15, 0.2) is 11.6 Å². The number of carbonyl (C=O) groups excluding carboxylic acids is 1. The molecule has 0 amide bonds. The van der Waals surface area contributed by atoms with E-state index in [9.17, 15) is 14.7 Å². The van der Waals surface area contributed by atoms with E-state index in [4.69, 9.17) is 0 Å². The standard InChI is InChI=1S/C21H29BrO3/c1-20-8-3-4-15(20)13-6-5-12-10-17(23)14(18(22)19(24)25)11-21(12,2)16(13)7-9-20/h10,13-16,18H,3-9,11H2,1-2H3,(H,24,25)/t13-,14?,15-,16+,18?,20-,21-/m0/s1. The molecule has 25 heavy (non-hydrogen) atoms. The Morgan fingerprint density at radius 2 is 2.00 bits per heavy atom. The number of halogens is 1. The predicted octanol–water partition coefficient (Wildman–Crippen LogP) is 4.98. The molecule has 3 nitrogen and oxygen atoms in total. The van der Waals surface area contributed by atoms with Gasteiger partial charge >= 0.3 is 5.97 Å². The largest absolute Gasteiger partial charge is 0.480 e. The Hall–Kier alpha value is -0.640. The lowest BCUT2D eigenvalue weighted by Gasteiger charge is -2.58. The molecule has 0 heterocycles. The van der Waals surface area contributed by atoms with Crippen LogP contribution in [0.2, 0.25) is 0 Å². The van der Waals surface area contributed by atoms with E-state index in [1.807, 2.05) is 6.08 Å². The van der Waals surface area contributed by atoms with E-state index in [1.54, 1.807) is 0 Å². The molecule has 0 bridgehead atoms. The van der Waals surface area contributed by atoms with Crippen molar-refractivity contribution in [3.8, 4) is 0 Å². The Bertz CT molecular complexity index is 641. The number of alkyl halides is 1. The van der Waals surface area contributed by atoms with E-state index in [0.717, 1.165) is 18.3 Å². The molecule has 0 spiro atoms. The second-order valence-electron chi connectivity index (χ2n) is 9.54. The van der Waals surface area contributed by atoms with Crippen LogP contribution < -0.4 is 0 Å². The molecule has 0 aliphatic heterocycles. The molecule has 0 aromatic carbocycles. The zero-order valence-electron chi connectivity index (χ0n) is 15.3. The van der Waals surface area contributed by atoms with E-state index < -0.39 is 16.7 Å². The fraction of sp³-hybridized carbons (Fsp3) is 0.810. The quantitative estimate of drug-likeness (QED) is 0.655. The summed E-state index contributed by atoms with van der Waals surface area (Å²) in [5.41, 5.74) is 1.84. The first kappa shape index (κ1) is 17.8. The lowest BCUT2D eigenvalue weighted by Crippen LogP contribution is -2.51. The van der Waals surface area contributed by atoms with Crippen LogP contribution in [0.1, 0.15) is 65.2 Å². The fourth-order valence-corrected chi connectivity index (χ4v) is 7.54. The number of carbonyl (C=O) groups is 2. The van der Waals surface area contributed by atoms with Gasteiger partial charge in [-0.05, 0) is 79.6 Å². The van der Waals surface area contributed by atoms with Crippen molar-refractivity contribution in [2.24, 2.45) is 34.5 Å². The van der Waals surface area contributed by atoms with Crippen molar-refractivity contribution < 1.29 is 14.7 Å². The summed E-state index contributed by atoms with van der Waals surface area (Å²) in [6.45, 7) is 4.83. The highest BCUT2D eigenvalue weighted by molar-refractivity contribution is 9.10. The summed E-state index contributed by atoms with van der Waals surface area (Å²) in [6.07, 6.45) is 11.4. The average molecular weight is 409 g/mol. The summed E-state index contributed by atoms with van der Waals surface area (Å²) < 4.78 is 0. The Morgan fingerprint density at radius 1 is 1.24 bits per heavy atom. The molecule has 3 fully saturated rings. The smallest absolute Gasteiger partial charge is 0.318 e. The maximum absolute atomic E-state index is 12.6. The van der Waals surface area contributed by atoms with E-state index in [-0.39, 0.29) is 11.2 Å². The predicted molar refractivity (Wildman–Crippen MR) is 101 cm³/mol. The van der Waals surface area contributed by atoms with Gasteiger partial charge < -0.3 is 5.11 Å². The molecule has 1 N–H and O–H groups in total. The number of aliphatic carboxylic acids is 1. The first-order chi connectivity index (χ1) is 11.8. The number of carboxylic acid groups (broad SMARTS) is 1. The highest BCUT2D eigenvalue weighted by atomic mass is 79.9. The molecule has 3 saturated carbocycles. The molecule has 2 unspecified atom stereocenters. The Morgan fingerprint density at radius 3 is 2.72 bits per heavy atom. The van der Waals surface area contributed by atoms with Crippen molar-refractivity contribution in [2.75, 3.05) is 0 Å². The molecule has 0 aromatic heterocycles. The average Bonchev–Trinajstić information content (AvgIpc) is 2.96. The second kappa shape index (κ2) is 5.94. The zero-order chi connectivity index (χ0) is 18.0. The number of rotatable bonds is 2. The molecule has 0 radical (unpaired) electrons. The van der Waals surface area contributed by atoms with Gasteiger partial charge in [0.1, 0.15) is 4.83 Å². The molecule has 7 atom stereocenters. The molecule has 0 saturated heterocycles. The van der Waals surface area contributed by atoms with Crippen LogP contribution in [0, 0.1) is 34.5 Å². The van der Waals surface area contributed by atoms with Gasteiger partial charge in [0.2, 0.25) is 0 Å². The van der Waals surface area contributed by atoms with Gasteiger partial charge in [0, 0.05) is 5.92 Å². The van der Waals surface area contributed by atoms with Gasteiger partial charge in [-0.15, -0.1) is 0 Å². The monoisotopic (exact) mass is 408 g/mol. The first-order valence-electron chi connectivity index (χ1n) is 9.88. The molecular weight excluding hydrogens is 380 g/mol. The van der Waals surface area contributed by atoms with Crippen LogP contribution in [0.3, 0.4) is 0 Å². The summed E-state index contributed by atoms with van der Waals surface area (Å²) in [5.74, 6) is 0.875. The minimum absolute atomic E-state index is 0.00683. The summed E-state index contributed by atoms with van der Waals surface area (Å²) in [4.78, 5) is 23.3. The molecule has 138 valence electrons. The summed E-state index contributed by atoms with van der Waals surface area (Å²) in [5, 5.41) is 9.40. The number of allylic oxidation sites excluding steroid dienone is 1. The van der Waals surface area contributed by atoms with E-state index in [0.29, 0.717) is 17.8 Å². The third-order valence-corrected chi connectivity index (χ3v) is 9.46. The second-order valence-corrected chi connectivity index (χ2v) is 10.5. The molecule has 4 heteroatoms.